The Morgan fingerprint density at radius 3 is 2.17 bits per heavy atom. The Balaban J connectivity index is 3.77. The highest BCUT2D eigenvalue weighted by atomic mass is 16.1. The molecule has 0 aromatic heterocycles. The monoisotopic (exact) mass is 170 g/mol. The van der Waals surface area contributed by atoms with Crippen molar-refractivity contribution in [3.05, 3.63) is 0 Å². The molecule has 0 aliphatic carbocycles. The number of rotatable bonds is 6. The minimum atomic E-state index is 0.218. The lowest BCUT2D eigenvalue weighted by Crippen LogP contribution is -2.12. The van der Waals surface area contributed by atoms with E-state index in [1.54, 1.807) is 0 Å². The van der Waals surface area contributed by atoms with Crippen LogP contribution in [0.4, 0.5) is 0 Å². The summed E-state index contributed by atoms with van der Waals surface area (Å²) in [5.41, 5.74) is 0. The molecule has 1 nitrogen and oxygen atoms in total. The van der Waals surface area contributed by atoms with E-state index in [4.69, 9.17) is 0 Å². The van der Waals surface area contributed by atoms with Crippen LogP contribution in [0.1, 0.15) is 53.4 Å². The molecule has 0 heterocycles. The molecule has 0 spiro atoms. The molecular weight excluding hydrogens is 148 g/mol. The van der Waals surface area contributed by atoms with Gasteiger partial charge >= 0.3 is 0 Å². The summed E-state index contributed by atoms with van der Waals surface area (Å²) in [6.07, 6.45) is 4.34. The normalized spacial score (nSPS) is 13.4. The van der Waals surface area contributed by atoms with Gasteiger partial charge in [-0.05, 0) is 5.92 Å². The Kier molecular flexibility index (Phi) is 6.04. The van der Waals surface area contributed by atoms with E-state index in [0.29, 0.717) is 11.7 Å². The van der Waals surface area contributed by atoms with E-state index in [-0.39, 0.29) is 5.92 Å². The maximum atomic E-state index is 11.4. The van der Waals surface area contributed by atoms with E-state index >= 15 is 0 Å². The van der Waals surface area contributed by atoms with Gasteiger partial charge in [0.2, 0.25) is 0 Å². The van der Waals surface area contributed by atoms with Crippen LogP contribution in [0.2, 0.25) is 0 Å². The molecule has 0 bridgehead atoms. The van der Waals surface area contributed by atoms with Gasteiger partial charge in [-0.25, -0.2) is 0 Å². The highest BCUT2D eigenvalue weighted by Crippen LogP contribution is 2.17. The molecule has 0 aliphatic heterocycles. The Hall–Kier alpha value is -0.330. The second kappa shape index (κ2) is 6.22. The summed E-state index contributed by atoms with van der Waals surface area (Å²) in [6.45, 7) is 8.33. The third kappa shape index (κ3) is 4.53. The van der Waals surface area contributed by atoms with Crippen LogP contribution in [0.3, 0.4) is 0 Å². The Bertz CT molecular complexity index is 127. The second-order valence-electron chi connectivity index (χ2n) is 3.89. The van der Waals surface area contributed by atoms with Gasteiger partial charge in [-0.3, -0.25) is 4.79 Å². The molecule has 0 saturated carbocycles. The van der Waals surface area contributed by atoms with Crippen molar-refractivity contribution in [2.24, 2.45) is 11.8 Å². The van der Waals surface area contributed by atoms with Gasteiger partial charge in [-0.2, -0.15) is 0 Å². The second-order valence-corrected chi connectivity index (χ2v) is 3.89. The van der Waals surface area contributed by atoms with Gasteiger partial charge in [-0.15, -0.1) is 0 Å². The molecule has 0 radical (unpaired) electrons. The first-order valence-corrected chi connectivity index (χ1v) is 5.14. The van der Waals surface area contributed by atoms with Crippen LogP contribution < -0.4 is 0 Å². The molecule has 72 valence electrons. The van der Waals surface area contributed by atoms with Crippen LogP contribution >= 0.6 is 0 Å². The van der Waals surface area contributed by atoms with Crippen molar-refractivity contribution in [1.82, 2.24) is 0 Å². The first-order valence-electron chi connectivity index (χ1n) is 5.14. The molecular formula is C11H22O. The van der Waals surface area contributed by atoms with Crippen molar-refractivity contribution in [3.8, 4) is 0 Å². The smallest absolute Gasteiger partial charge is 0.135 e. The number of Topliss-reactive ketones (excluding diaryl/α,β-unsaturated/α-hetero) is 1. The lowest BCUT2D eigenvalue weighted by molar-refractivity contribution is -0.122. The van der Waals surface area contributed by atoms with Gasteiger partial charge in [0.15, 0.2) is 0 Å². The van der Waals surface area contributed by atoms with Crippen LogP contribution in [-0.2, 0) is 4.79 Å². The molecule has 1 heteroatoms. The van der Waals surface area contributed by atoms with Crippen molar-refractivity contribution >= 4 is 5.78 Å². The first-order chi connectivity index (χ1) is 5.61. The van der Waals surface area contributed by atoms with Crippen molar-refractivity contribution in [3.63, 3.8) is 0 Å². The summed E-state index contributed by atoms with van der Waals surface area (Å²) in [6, 6.07) is 0. The van der Waals surface area contributed by atoms with E-state index < -0.39 is 0 Å². The van der Waals surface area contributed by atoms with Crippen LogP contribution in [0, 0.1) is 11.8 Å². The van der Waals surface area contributed by atoms with E-state index in [0.717, 1.165) is 12.8 Å². The lowest BCUT2D eigenvalue weighted by atomic mass is 9.91. The van der Waals surface area contributed by atoms with Gasteiger partial charge in [0.05, 0.1) is 0 Å². The Morgan fingerprint density at radius 2 is 1.83 bits per heavy atom. The van der Waals surface area contributed by atoms with E-state index in [1.807, 2.05) is 13.8 Å². The summed E-state index contributed by atoms with van der Waals surface area (Å²) in [4.78, 5) is 11.4. The minimum absolute atomic E-state index is 0.218. The molecule has 0 aliphatic rings. The van der Waals surface area contributed by atoms with Gasteiger partial charge in [0.25, 0.3) is 0 Å². The predicted octanol–water partition coefficient (Wildman–Crippen LogP) is 3.43. The highest BCUT2D eigenvalue weighted by molar-refractivity contribution is 5.80. The summed E-state index contributed by atoms with van der Waals surface area (Å²) in [5.74, 6) is 1.27. The molecule has 0 N–H and O–H groups in total. The quantitative estimate of drug-likeness (QED) is 0.597. The van der Waals surface area contributed by atoms with Crippen LogP contribution in [0.5, 0.6) is 0 Å². The zero-order valence-electron chi connectivity index (χ0n) is 8.89. The molecule has 0 rings (SSSR count). The number of hydrogen-bond acceptors (Lipinski definition) is 1. The molecule has 1 unspecified atom stereocenters. The molecule has 0 aromatic rings. The van der Waals surface area contributed by atoms with Crippen molar-refractivity contribution in [2.75, 3.05) is 0 Å². The van der Waals surface area contributed by atoms with Crippen LogP contribution in [-0.4, -0.2) is 5.78 Å². The molecule has 0 aromatic carbocycles. The molecule has 12 heavy (non-hydrogen) atoms. The number of carbonyl (C=O) groups is 1. The summed E-state index contributed by atoms with van der Waals surface area (Å²) in [5, 5.41) is 0. The van der Waals surface area contributed by atoms with Crippen molar-refractivity contribution < 1.29 is 4.79 Å². The number of ketones is 1. The Labute approximate surface area is 76.6 Å². The lowest BCUT2D eigenvalue weighted by Gasteiger charge is -2.13. The zero-order valence-corrected chi connectivity index (χ0v) is 8.89. The van der Waals surface area contributed by atoms with Crippen molar-refractivity contribution in [1.29, 1.82) is 0 Å². The average molecular weight is 170 g/mol. The summed E-state index contributed by atoms with van der Waals surface area (Å²) < 4.78 is 0. The SMILES string of the molecule is CCCC(CC)CC(=O)C(C)C. The highest BCUT2D eigenvalue weighted by Gasteiger charge is 2.13. The van der Waals surface area contributed by atoms with Crippen LogP contribution in [0.25, 0.3) is 0 Å². The van der Waals surface area contributed by atoms with E-state index in [2.05, 4.69) is 13.8 Å². The van der Waals surface area contributed by atoms with E-state index in [9.17, 15) is 4.79 Å². The number of hydrogen-bond donors (Lipinski definition) is 0. The molecule has 1 atom stereocenters. The fourth-order valence-electron chi connectivity index (χ4n) is 1.38. The van der Waals surface area contributed by atoms with E-state index in [1.165, 1.54) is 12.8 Å². The average Bonchev–Trinajstić information content (AvgIpc) is 2.03. The molecule has 0 saturated heterocycles. The van der Waals surface area contributed by atoms with Gasteiger partial charge in [-0.1, -0.05) is 47.0 Å². The topological polar surface area (TPSA) is 17.1 Å². The van der Waals surface area contributed by atoms with Crippen molar-refractivity contribution in [2.45, 2.75) is 53.4 Å². The maximum Gasteiger partial charge on any atom is 0.135 e. The fraction of sp³-hybridized carbons (Fsp3) is 0.909. The minimum Gasteiger partial charge on any atom is -0.299 e. The third-order valence-electron chi connectivity index (χ3n) is 2.41. The van der Waals surface area contributed by atoms with Gasteiger partial charge in [0.1, 0.15) is 5.78 Å². The summed E-state index contributed by atoms with van der Waals surface area (Å²) >= 11 is 0. The first kappa shape index (κ1) is 11.7. The largest absolute Gasteiger partial charge is 0.299 e. The predicted molar refractivity (Wildman–Crippen MR) is 53.2 cm³/mol. The maximum absolute atomic E-state index is 11.4. The van der Waals surface area contributed by atoms with Gasteiger partial charge < -0.3 is 0 Å². The molecule has 0 fully saturated rings. The van der Waals surface area contributed by atoms with Gasteiger partial charge in [0, 0.05) is 12.3 Å². The Morgan fingerprint density at radius 1 is 1.25 bits per heavy atom. The fourth-order valence-corrected chi connectivity index (χ4v) is 1.38. The molecule has 0 amide bonds. The van der Waals surface area contributed by atoms with Crippen LogP contribution in [0.15, 0.2) is 0 Å². The number of carbonyl (C=O) groups excluding carboxylic acids is 1. The summed E-state index contributed by atoms with van der Waals surface area (Å²) in [7, 11) is 0. The third-order valence-corrected chi connectivity index (χ3v) is 2.41. The zero-order chi connectivity index (χ0) is 9.56. The standard InChI is InChI=1S/C11H22O/c1-5-7-10(6-2)8-11(12)9(3)4/h9-10H,5-8H2,1-4H3.